The largest absolute Gasteiger partial charge is 0.391 e. The van der Waals surface area contributed by atoms with Gasteiger partial charge in [0, 0.05) is 18.1 Å². The summed E-state index contributed by atoms with van der Waals surface area (Å²) in [5, 5.41) is 13.0. The summed E-state index contributed by atoms with van der Waals surface area (Å²) in [6, 6.07) is 0. The first-order valence-electron chi connectivity index (χ1n) is 3.94. The number of hydrogen-bond donors (Lipinski definition) is 2. The quantitative estimate of drug-likeness (QED) is 0.739. The van der Waals surface area contributed by atoms with Crippen LogP contribution in [0.25, 0.3) is 0 Å². The maximum Gasteiger partial charge on any atom is 0.202 e. The molecule has 1 aromatic heterocycles. The second kappa shape index (κ2) is 4.37. The number of rotatable bonds is 4. The van der Waals surface area contributed by atoms with E-state index in [2.05, 4.69) is 14.7 Å². The highest BCUT2D eigenvalue weighted by atomic mass is 32.1. The van der Waals surface area contributed by atoms with Gasteiger partial charge in [0.2, 0.25) is 5.13 Å². The van der Waals surface area contributed by atoms with Crippen molar-refractivity contribution in [2.75, 3.05) is 11.9 Å². The Kier molecular flexibility index (Phi) is 3.43. The first kappa shape index (κ1) is 9.41. The van der Waals surface area contributed by atoms with Gasteiger partial charge in [0.15, 0.2) is 0 Å². The molecule has 0 bridgehead atoms. The predicted octanol–water partition coefficient (Wildman–Crippen LogP) is 1.03. The first-order chi connectivity index (χ1) is 5.72. The van der Waals surface area contributed by atoms with Crippen molar-refractivity contribution in [1.82, 2.24) is 9.36 Å². The van der Waals surface area contributed by atoms with Crippen LogP contribution in [0.5, 0.6) is 0 Å². The first-order valence-corrected chi connectivity index (χ1v) is 4.72. The Balaban J connectivity index is 2.33. The summed E-state index contributed by atoms with van der Waals surface area (Å²) in [4.78, 5) is 4.10. The molecule has 0 radical (unpaired) electrons. The van der Waals surface area contributed by atoms with Crippen molar-refractivity contribution in [3.63, 3.8) is 0 Å². The number of hydrogen-bond acceptors (Lipinski definition) is 5. The third kappa shape index (κ3) is 2.75. The number of anilines is 1. The minimum Gasteiger partial charge on any atom is -0.391 e. The second-order valence-corrected chi connectivity index (χ2v) is 3.34. The minimum atomic E-state index is -0.297. The summed E-state index contributed by atoms with van der Waals surface area (Å²) < 4.78 is 4.01. The lowest BCUT2D eigenvalue weighted by Crippen LogP contribution is -2.17. The van der Waals surface area contributed by atoms with Gasteiger partial charge in [-0.3, -0.25) is 0 Å². The lowest BCUT2D eigenvalue weighted by molar-refractivity contribution is 0.183. The molecule has 1 atom stereocenters. The molecule has 0 spiro atoms. The number of nitrogens with zero attached hydrogens (tertiary/aromatic N) is 2. The third-order valence-corrected chi connectivity index (χ3v) is 2.25. The predicted molar refractivity (Wildman–Crippen MR) is 49.4 cm³/mol. The molecular weight excluding hydrogens is 174 g/mol. The number of aromatic nitrogens is 2. The van der Waals surface area contributed by atoms with Crippen molar-refractivity contribution >= 4 is 16.7 Å². The maximum absolute atomic E-state index is 9.22. The van der Waals surface area contributed by atoms with E-state index in [4.69, 9.17) is 0 Å². The van der Waals surface area contributed by atoms with E-state index in [1.807, 2.05) is 13.8 Å². The Labute approximate surface area is 75.8 Å². The molecule has 0 saturated carbocycles. The molecule has 0 aromatic carbocycles. The van der Waals surface area contributed by atoms with E-state index in [1.54, 1.807) is 0 Å². The molecule has 0 fully saturated rings. The van der Waals surface area contributed by atoms with Gasteiger partial charge in [0.1, 0.15) is 5.82 Å². The highest BCUT2D eigenvalue weighted by Crippen LogP contribution is 2.09. The SMILES string of the molecule is CC[C@H](O)CNc1nc(C)ns1. The minimum absolute atomic E-state index is 0.297. The molecule has 2 N–H and O–H groups in total. The van der Waals surface area contributed by atoms with Crippen LogP contribution in [0, 0.1) is 6.92 Å². The summed E-state index contributed by atoms with van der Waals surface area (Å²) in [6.07, 6.45) is 0.458. The monoisotopic (exact) mass is 187 g/mol. The Hall–Kier alpha value is -0.680. The molecule has 0 unspecified atom stereocenters. The van der Waals surface area contributed by atoms with Gasteiger partial charge in [-0.2, -0.15) is 4.37 Å². The smallest absolute Gasteiger partial charge is 0.202 e. The van der Waals surface area contributed by atoms with Gasteiger partial charge in [-0.05, 0) is 13.3 Å². The molecule has 5 heteroatoms. The summed E-state index contributed by atoms with van der Waals surface area (Å²) >= 11 is 1.32. The van der Waals surface area contributed by atoms with Crippen LogP contribution in [0.4, 0.5) is 5.13 Å². The molecule has 0 aliphatic heterocycles. The Bertz CT molecular complexity index is 238. The highest BCUT2D eigenvalue weighted by Gasteiger charge is 2.02. The van der Waals surface area contributed by atoms with Crippen molar-refractivity contribution in [3.8, 4) is 0 Å². The average Bonchev–Trinajstić information content (AvgIpc) is 2.47. The van der Waals surface area contributed by atoms with E-state index in [9.17, 15) is 5.11 Å². The van der Waals surface area contributed by atoms with Gasteiger partial charge in [0.05, 0.1) is 6.10 Å². The number of nitrogens with one attached hydrogen (secondary N) is 1. The zero-order chi connectivity index (χ0) is 8.97. The second-order valence-electron chi connectivity index (χ2n) is 2.59. The molecule has 0 aliphatic rings. The van der Waals surface area contributed by atoms with E-state index in [-0.39, 0.29) is 6.10 Å². The number of aliphatic hydroxyl groups is 1. The Morgan fingerprint density at radius 3 is 2.92 bits per heavy atom. The lowest BCUT2D eigenvalue weighted by atomic mass is 10.3. The summed E-state index contributed by atoms with van der Waals surface area (Å²) in [5.41, 5.74) is 0. The molecule has 68 valence electrons. The lowest BCUT2D eigenvalue weighted by Gasteiger charge is -2.06. The zero-order valence-electron chi connectivity index (χ0n) is 7.24. The summed E-state index contributed by atoms with van der Waals surface area (Å²) in [6.45, 7) is 4.33. The van der Waals surface area contributed by atoms with Gasteiger partial charge < -0.3 is 10.4 Å². The maximum atomic E-state index is 9.22. The van der Waals surface area contributed by atoms with Crippen LogP contribution in [0.15, 0.2) is 0 Å². The molecule has 1 heterocycles. The molecule has 0 aliphatic carbocycles. The van der Waals surface area contributed by atoms with Crippen LogP contribution >= 0.6 is 11.5 Å². The molecule has 4 nitrogen and oxygen atoms in total. The van der Waals surface area contributed by atoms with Crippen molar-refractivity contribution in [2.45, 2.75) is 26.4 Å². The van der Waals surface area contributed by atoms with Crippen molar-refractivity contribution < 1.29 is 5.11 Å². The van der Waals surface area contributed by atoms with Gasteiger partial charge >= 0.3 is 0 Å². The molecular formula is C7H13N3OS. The van der Waals surface area contributed by atoms with Crippen LogP contribution in [0.2, 0.25) is 0 Å². The van der Waals surface area contributed by atoms with Crippen LogP contribution < -0.4 is 5.32 Å². The van der Waals surface area contributed by atoms with Crippen LogP contribution in [-0.4, -0.2) is 27.1 Å². The number of aryl methyl sites for hydroxylation is 1. The topological polar surface area (TPSA) is 58.0 Å². The molecule has 0 saturated heterocycles. The van der Waals surface area contributed by atoms with Gasteiger partial charge in [-0.25, -0.2) is 4.98 Å². The van der Waals surface area contributed by atoms with Gasteiger partial charge in [-0.15, -0.1) is 0 Å². The van der Waals surface area contributed by atoms with E-state index >= 15 is 0 Å². The standard InChI is InChI=1S/C7H13N3OS/c1-3-6(11)4-8-7-9-5(2)10-12-7/h6,11H,3-4H2,1-2H3,(H,8,9,10)/t6-/m0/s1. The molecule has 1 rings (SSSR count). The van der Waals surface area contributed by atoms with Crippen molar-refractivity contribution in [3.05, 3.63) is 5.82 Å². The highest BCUT2D eigenvalue weighted by molar-refractivity contribution is 7.09. The fourth-order valence-corrected chi connectivity index (χ4v) is 1.30. The van der Waals surface area contributed by atoms with Crippen LogP contribution in [0.1, 0.15) is 19.2 Å². The van der Waals surface area contributed by atoms with Gasteiger partial charge in [0.25, 0.3) is 0 Å². The average molecular weight is 187 g/mol. The molecule has 1 aromatic rings. The van der Waals surface area contributed by atoms with E-state index in [0.29, 0.717) is 6.54 Å². The van der Waals surface area contributed by atoms with Crippen molar-refractivity contribution in [1.29, 1.82) is 0 Å². The van der Waals surface area contributed by atoms with Gasteiger partial charge in [-0.1, -0.05) is 6.92 Å². The summed E-state index contributed by atoms with van der Waals surface area (Å²) in [7, 11) is 0. The fourth-order valence-electron chi connectivity index (χ4n) is 0.718. The Morgan fingerprint density at radius 1 is 1.67 bits per heavy atom. The van der Waals surface area contributed by atoms with E-state index in [0.717, 1.165) is 17.4 Å². The van der Waals surface area contributed by atoms with E-state index < -0.39 is 0 Å². The Morgan fingerprint density at radius 2 is 2.42 bits per heavy atom. The third-order valence-electron chi connectivity index (χ3n) is 1.49. The molecule has 0 amide bonds. The van der Waals surface area contributed by atoms with Crippen LogP contribution in [-0.2, 0) is 0 Å². The number of aliphatic hydroxyl groups excluding tert-OH is 1. The van der Waals surface area contributed by atoms with Crippen molar-refractivity contribution in [2.24, 2.45) is 0 Å². The normalized spacial score (nSPS) is 12.9. The van der Waals surface area contributed by atoms with Crippen LogP contribution in [0.3, 0.4) is 0 Å². The fraction of sp³-hybridized carbons (Fsp3) is 0.714. The molecule has 12 heavy (non-hydrogen) atoms. The summed E-state index contributed by atoms with van der Waals surface area (Å²) in [5.74, 6) is 0.772. The zero-order valence-corrected chi connectivity index (χ0v) is 8.06. The van der Waals surface area contributed by atoms with E-state index in [1.165, 1.54) is 11.5 Å².